The minimum absolute atomic E-state index is 0.0209. The zero-order valence-electron chi connectivity index (χ0n) is 11.2. The second-order valence-corrected chi connectivity index (χ2v) is 4.18. The molecule has 4 heteroatoms. The van der Waals surface area contributed by atoms with Crippen LogP contribution < -0.4 is 4.74 Å². The van der Waals surface area contributed by atoms with Gasteiger partial charge in [-0.3, -0.25) is 4.79 Å². The van der Waals surface area contributed by atoms with Gasteiger partial charge in [-0.2, -0.15) is 5.26 Å². The van der Waals surface area contributed by atoms with Gasteiger partial charge in [-0.1, -0.05) is 12.1 Å². The molecular weight excluding hydrogens is 254 g/mol. The molecule has 0 N–H and O–H groups in total. The van der Waals surface area contributed by atoms with Crippen LogP contribution in [0, 0.1) is 18.3 Å². The maximum atomic E-state index is 12.3. The number of ether oxygens (including phenoxy) is 1. The Kier molecular flexibility index (Phi) is 4.02. The van der Waals surface area contributed by atoms with Gasteiger partial charge in [0, 0.05) is 11.6 Å². The molecule has 0 aliphatic carbocycles. The lowest BCUT2D eigenvalue weighted by Gasteiger charge is -2.02. The van der Waals surface area contributed by atoms with E-state index in [0.717, 1.165) is 5.76 Å². The van der Waals surface area contributed by atoms with Crippen LogP contribution in [0.5, 0.6) is 5.75 Å². The molecule has 0 atom stereocenters. The zero-order valence-corrected chi connectivity index (χ0v) is 11.2. The first-order valence-corrected chi connectivity index (χ1v) is 6.01. The van der Waals surface area contributed by atoms with E-state index in [1.165, 1.54) is 13.2 Å². The average Bonchev–Trinajstić information content (AvgIpc) is 2.89. The minimum Gasteiger partial charge on any atom is -0.497 e. The molecule has 1 aromatic heterocycles. The molecule has 20 heavy (non-hydrogen) atoms. The van der Waals surface area contributed by atoms with Crippen molar-refractivity contribution in [2.75, 3.05) is 7.11 Å². The van der Waals surface area contributed by atoms with E-state index in [-0.39, 0.29) is 11.4 Å². The molecule has 0 aliphatic rings. The fraction of sp³-hybridized carbons (Fsp3) is 0.125. The molecule has 2 aromatic rings. The lowest BCUT2D eigenvalue weighted by molar-refractivity contribution is 0.103. The highest BCUT2D eigenvalue weighted by atomic mass is 16.5. The molecule has 4 nitrogen and oxygen atoms in total. The van der Waals surface area contributed by atoms with E-state index in [2.05, 4.69) is 0 Å². The topological polar surface area (TPSA) is 63.2 Å². The van der Waals surface area contributed by atoms with Gasteiger partial charge in [0.15, 0.2) is 0 Å². The Bertz CT molecular complexity index is 705. The predicted octanol–water partition coefficient (Wildman–Crippen LogP) is 3.39. The largest absolute Gasteiger partial charge is 0.497 e. The van der Waals surface area contributed by atoms with Crippen LogP contribution in [0.25, 0.3) is 6.08 Å². The first kappa shape index (κ1) is 13.6. The number of carbonyl (C=O) groups excluding carboxylic acids is 1. The van der Waals surface area contributed by atoms with Gasteiger partial charge in [-0.25, -0.2) is 0 Å². The number of aryl methyl sites for hydroxylation is 1. The molecule has 0 radical (unpaired) electrons. The third-order valence-corrected chi connectivity index (χ3v) is 2.74. The summed E-state index contributed by atoms with van der Waals surface area (Å²) in [5.74, 6) is 1.42. The third kappa shape index (κ3) is 2.96. The number of carbonyl (C=O) groups is 1. The summed E-state index contributed by atoms with van der Waals surface area (Å²) in [6.45, 7) is 1.80. The molecule has 2 rings (SSSR count). The molecule has 0 fully saturated rings. The fourth-order valence-electron chi connectivity index (χ4n) is 1.74. The van der Waals surface area contributed by atoms with Crippen molar-refractivity contribution in [1.82, 2.24) is 0 Å². The highest BCUT2D eigenvalue weighted by Gasteiger charge is 2.13. The number of nitriles is 1. The lowest BCUT2D eigenvalue weighted by atomic mass is 10.0. The molecule has 0 bridgehead atoms. The molecule has 100 valence electrons. The number of nitrogens with zero attached hydrogens (tertiary/aromatic N) is 1. The Hall–Kier alpha value is -2.80. The summed E-state index contributed by atoms with van der Waals surface area (Å²) in [6.07, 6.45) is 1.44. The monoisotopic (exact) mass is 267 g/mol. The number of hydrogen-bond acceptors (Lipinski definition) is 4. The molecular formula is C16H13NO3. The van der Waals surface area contributed by atoms with Gasteiger partial charge >= 0.3 is 0 Å². The van der Waals surface area contributed by atoms with Crippen molar-refractivity contribution in [2.24, 2.45) is 0 Å². The van der Waals surface area contributed by atoms with Crippen molar-refractivity contribution in [1.29, 1.82) is 5.26 Å². The first-order chi connectivity index (χ1) is 9.63. The molecule has 0 saturated carbocycles. The summed E-state index contributed by atoms with van der Waals surface area (Å²) in [4.78, 5) is 12.3. The van der Waals surface area contributed by atoms with Crippen LogP contribution in [0.1, 0.15) is 21.9 Å². The second-order valence-electron chi connectivity index (χ2n) is 4.18. The summed E-state index contributed by atoms with van der Waals surface area (Å²) in [6, 6.07) is 12.1. The van der Waals surface area contributed by atoms with Crippen LogP contribution >= 0.6 is 0 Å². The Morgan fingerprint density at radius 2 is 2.15 bits per heavy atom. The first-order valence-electron chi connectivity index (χ1n) is 6.01. The van der Waals surface area contributed by atoms with E-state index >= 15 is 0 Å². The van der Waals surface area contributed by atoms with Gasteiger partial charge < -0.3 is 9.15 Å². The summed E-state index contributed by atoms with van der Waals surface area (Å²) < 4.78 is 10.4. The van der Waals surface area contributed by atoms with Gasteiger partial charge in [0.1, 0.15) is 28.9 Å². The summed E-state index contributed by atoms with van der Waals surface area (Å²) in [7, 11) is 1.52. The maximum absolute atomic E-state index is 12.3. The SMILES string of the molecule is COc1cccc(C(=O)/C(C#N)=C/c2ccc(C)o2)c1. The number of ketones is 1. The van der Waals surface area contributed by atoms with E-state index in [1.807, 2.05) is 6.07 Å². The Balaban J connectivity index is 2.34. The highest BCUT2D eigenvalue weighted by molar-refractivity contribution is 6.14. The summed E-state index contributed by atoms with van der Waals surface area (Å²) in [5.41, 5.74) is 0.424. The summed E-state index contributed by atoms with van der Waals surface area (Å²) in [5, 5.41) is 9.14. The van der Waals surface area contributed by atoms with Crippen LogP contribution in [-0.4, -0.2) is 12.9 Å². The van der Waals surface area contributed by atoms with Crippen molar-refractivity contribution in [2.45, 2.75) is 6.92 Å². The third-order valence-electron chi connectivity index (χ3n) is 2.74. The molecule has 0 saturated heterocycles. The molecule has 1 heterocycles. The van der Waals surface area contributed by atoms with Crippen molar-refractivity contribution >= 4 is 11.9 Å². The van der Waals surface area contributed by atoms with Crippen LogP contribution in [0.3, 0.4) is 0 Å². The van der Waals surface area contributed by atoms with Gasteiger partial charge in [-0.15, -0.1) is 0 Å². The van der Waals surface area contributed by atoms with E-state index in [1.54, 1.807) is 43.3 Å². The Morgan fingerprint density at radius 3 is 2.75 bits per heavy atom. The highest BCUT2D eigenvalue weighted by Crippen LogP contribution is 2.18. The molecule has 1 aromatic carbocycles. The van der Waals surface area contributed by atoms with Crippen LogP contribution in [0.2, 0.25) is 0 Å². The van der Waals surface area contributed by atoms with Gasteiger partial charge in [0.2, 0.25) is 5.78 Å². The number of benzene rings is 1. The quantitative estimate of drug-likeness (QED) is 0.484. The molecule has 0 aliphatic heterocycles. The number of furan rings is 1. The standard InChI is InChI=1S/C16H13NO3/c1-11-6-7-15(20-11)9-13(10-17)16(18)12-4-3-5-14(8-12)19-2/h3-9H,1-2H3/b13-9+. The Morgan fingerprint density at radius 1 is 1.35 bits per heavy atom. The number of rotatable bonds is 4. The van der Waals surface area contributed by atoms with E-state index < -0.39 is 0 Å². The van der Waals surface area contributed by atoms with E-state index in [0.29, 0.717) is 17.1 Å². The van der Waals surface area contributed by atoms with E-state index in [9.17, 15) is 4.79 Å². The Labute approximate surface area is 116 Å². The average molecular weight is 267 g/mol. The predicted molar refractivity (Wildman–Crippen MR) is 74.4 cm³/mol. The van der Waals surface area contributed by atoms with Crippen LogP contribution in [0.4, 0.5) is 0 Å². The van der Waals surface area contributed by atoms with Gasteiger partial charge in [0.25, 0.3) is 0 Å². The zero-order chi connectivity index (χ0) is 14.5. The number of methoxy groups -OCH3 is 1. The molecule has 0 amide bonds. The van der Waals surface area contributed by atoms with Gasteiger partial charge in [0.05, 0.1) is 7.11 Å². The van der Waals surface area contributed by atoms with E-state index in [4.69, 9.17) is 14.4 Å². The van der Waals surface area contributed by atoms with Crippen molar-refractivity contribution in [3.63, 3.8) is 0 Å². The normalized spacial score (nSPS) is 10.9. The molecule has 0 spiro atoms. The van der Waals surface area contributed by atoms with Gasteiger partial charge in [-0.05, 0) is 31.2 Å². The second kappa shape index (κ2) is 5.89. The minimum atomic E-state index is -0.361. The van der Waals surface area contributed by atoms with Crippen LogP contribution in [0.15, 0.2) is 46.4 Å². The smallest absolute Gasteiger partial charge is 0.203 e. The summed E-state index contributed by atoms with van der Waals surface area (Å²) >= 11 is 0. The lowest BCUT2D eigenvalue weighted by Crippen LogP contribution is -2.02. The number of allylic oxidation sites excluding steroid dienone is 1. The molecule has 0 unspecified atom stereocenters. The van der Waals surface area contributed by atoms with Crippen molar-refractivity contribution < 1.29 is 13.9 Å². The van der Waals surface area contributed by atoms with Crippen molar-refractivity contribution in [3.8, 4) is 11.8 Å². The maximum Gasteiger partial charge on any atom is 0.203 e. The van der Waals surface area contributed by atoms with Crippen LogP contribution in [-0.2, 0) is 0 Å². The number of hydrogen-bond donors (Lipinski definition) is 0. The van der Waals surface area contributed by atoms with Crippen molar-refractivity contribution in [3.05, 3.63) is 59.1 Å². The fourth-order valence-corrected chi connectivity index (χ4v) is 1.74. The number of Topliss-reactive ketones (excluding diaryl/α,β-unsaturated/α-hetero) is 1.